The Labute approximate surface area is 130 Å². The maximum atomic E-state index is 12.3. The molecule has 0 saturated heterocycles. The molecule has 1 atom stereocenters. The number of nitrogens with zero attached hydrogens (tertiary/aromatic N) is 1. The molecule has 2 aromatic carbocycles. The van der Waals surface area contributed by atoms with Gasteiger partial charge in [-0.15, -0.1) is 0 Å². The average Bonchev–Trinajstić information content (AvgIpc) is 2.54. The number of hydrogen-bond acceptors (Lipinski definition) is 5. The van der Waals surface area contributed by atoms with E-state index >= 15 is 0 Å². The Balaban J connectivity index is 2.26. The summed E-state index contributed by atoms with van der Waals surface area (Å²) in [6, 6.07) is 15.1. The van der Waals surface area contributed by atoms with Crippen LogP contribution in [0.5, 0.6) is 5.75 Å². The Hall–Kier alpha value is -3.15. The van der Waals surface area contributed by atoms with Gasteiger partial charge in [-0.25, -0.2) is 4.79 Å². The molecule has 1 N–H and O–H groups in total. The fourth-order valence-corrected chi connectivity index (χ4v) is 2.65. The van der Waals surface area contributed by atoms with Gasteiger partial charge >= 0.3 is 5.63 Å². The van der Waals surface area contributed by atoms with Crippen LogP contribution in [-0.2, 0) is 0 Å². The van der Waals surface area contributed by atoms with Gasteiger partial charge in [0.05, 0.1) is 16.9 Å². The molecular formula is C17H13NO5. The molecule has 0 aliphatic rings. The molecule has 1 aromatic heterocycles. The maximum absolute atomic E-state index is 12.3. The molecule has 1 heterocycles. The van der Waals surface area contributed by atoms with Gasteiger partial charge in [0.1, 0.15) is 11.3 Å². The van der Waals surface area contributed by atoms with Crippen molar-refractivity contribution in [3.8, 4) is 5.75 Å². The second-order valence-corrected chi connectivity index (χ2v) is 5.13. The van der Waals surface area contributed by atoms with Crippen molar-refractivity contribution in [3.05, 3.63) is 86.3 Å². The smallest absolute Gasteiger partial charge is 0.344 e. The number of hydrogen-bond donors (Lipinski definition) is 1. The second-order valence-electron chi connectivity index (χ2n) is 5.13. The lowest BCUT2D eigenvalue weighted by Crippen LogP contribution is -2.21. The third-order valence-corrected chi connectivity index (χ3v) is 3.70. The van der Waals surface area contributed by atoms with Gasteiger partial charge in [-0.2, -0.15) is 0 Å². The van der Waals surface area contributed by atoms with E-state index in [2.05, 4.69) is 0 Å². The molecule has 0 amide bonds. The summed E-state index contributed by atoms with van der Waals surface area (Å²) in [7, 11) is 0. The van der Waals surface area contributed by atoms with E-state index in [1.807, 2.05) is 0 Å². The summed E-state index contributed by atoms with van der Waals surface area (Å²) in [6.07, 6.45) is 0. The number of nitro groups is 1. The molecule has 3 rings (SSSR count). The summed E-state index contributed by atoms with van der Waals surface area (Å²) in [6.45, 7) is -0.513. The molecule has 6 nitrogen and oxygen atoms in total. The Morgan fingerprint density at radius 2 is 1.74 bits per heavy atom. The van der Waals surface area contributed by atoms with E-state index < -0.39 is 23.0 Å². The third kappa shape index (κ3) is 2.78. The molecule has 0 aliphatic heterocycles. The standard InChI is InChI=1S/C17H13NO5/c19-16-12-8-4-5-9-14(12)23-17(20)15(16)13(10-18(21)22)11-6-2-1-3-7-11/h1-9,13,19H,10H2/t13-/m1/s1. The van der Waals surface area contributed by atoms with Crippen LogP contribution < -0.4 is 5.63 Å². The zero-order valence-corrected chi connectivity index (χ0v) is 12.0. The molecule has 3 aromatic rings. The van der Waals surface area contributed by atoms with Crippen LogP contribution in [0.2, 0.25) is 0 Å². The molecule has 0 bridgehead atoms. The van der Waals surface area contributed by atoms with Gasteiger partial charge in [-0.3, -0.25) is 10.1 Å². The molecule has 23 heavy (non-hydrogen) atoms. The van der Waals surface area contributed by atoms with Crippen molar-refractivity contribution in [1.29, 1.82) is 0 Å². The molecule has 0 saturated carbocycles. The van der Waals surface area contributed by atoms with Gasteiger partial charge in [0.2, 0.25) is 6.54 Å². The summed E-state index contributed by atoms with van der Waals surface area (Å²) in [4.78, 5) is 22.8. The minimum atomic E-state index is -0.882. The topological polar surface area (TPSA) is 93.6 Å². The first-order chi connectivity index (χ1) is 11.1. The number of aromatic hydroxyl groups is 1. The Kier molecular flexibility index (Phi) is 3.80. The fourth-order valence-electron chi connectivity index (χ4n) is 2.65. The van der Waals surface area contributed by atoms with Crippen LogP contribution >= 0.6 is 0 Å². The van der Waals surface area contributed by atoms with Crippen LogP contribution in [0.25, 0.3) is 11.0 Å². The molecule has 0 aliphatic carbocycles. The van der Waals surface area contributed by atoms with Crippen LogP contribution in [0.3, 0.4) is 0 Å². The van der Waals surface area contributed by atoms with E-state index in [0.29, 0.717) is 10.9 Å². The number of fused-ring (bicyclic) bond motifs is 1. The van der Waals surface area contributed by atoms with Gasteiger partial charge in [0.25, 0.3) is 0 Å². The van der Waals surface area contributed by atoms with Crippen molar-refractivity contribution in [2.24, 2.45) is 0 Å². The van der Waals surface area contributed by atoms with E-state index in [9.17, 15) is 20.0 Å². The van der Waals surface area contributed by atoms with E-state index in [-0.39, 0.29) is 16.9 Å². The molecule has 0 unspecified atom stereocenters. The number of benzene rings is 2. The highest BCUT2D eigenvalue weighted by atomic mass is 16.6. The lowest BCUT2D eigenvalue weighted by Gasteiger charge is -2.14. The lowest BCUT2D eigenvalue weighted by molar-refractivity contribution is -0.481. The fraction of sp³-hybridized carbons (Fsp3) is 0.118. The highest BCUT2D eigenvalue weighted by Crippen LogP contribution is 2.34. The predicted molar refractivity (Wildman–Crippen MR) is 84.3 cm³/mol. The predicted octanol–water partition coefficient (Wildman–Crippen LogP) is 2.91. The Morgan fingerprint density at radius 1 is 1.09 bits per heavy atom. The summed E-state index contributed by atoms with van der Waals surface area (Å²) >= 11 is 0. The number of rotatable bonds is 4. The number of para-hydroxylation sites is 1. The van der Waals surface area contributed by atoms with Crippen molar-refractivity contribution in [2.45, 2.75) is 5.92 Å². The van der Waals surface area contributed by atoms with Crippen molar-refractivity contribution in [2.75, 3.05) is 6.54 Å². The van der Waals surface area contributed by atoms with E-state index in [1.54, 1.807) is 54.6 Å². The van der Waals surface area contributed by atoms with Crippen LogP contribution in [-0.4, -0.2) is 16.6 Å². The van der Waals surface area contributed by atoms with E-state index in [1.165, 1.54) is 0 Å². The van der Waals surface area contributed by atoms with Crippen molar-refractivity contribution >= 4 is 11.0 Å². The SMILES string of the molecule is O=c1oc2ccccc2c(O)c1[C@H](C[N+](=O)[O-])c1ccccc1. The summed E-state index contributed by atoms with van der Waals surface area (Å²) in [5.41, 5.74) is -0.0442. The van der Waals surface area contributed by atoms with Gasteiger partial charge in [0, 0.05) is 4.92 Å². The van der Waals surface area contributed by atoms with E-state index in [4.69, 9.17) is 4.42 Å². The van der Waals surface area contributed by atoms with Crippen molar-refractivity contribution < 1.29 is 14.4 Å². The Bertz CT molecular complexity index is 917. The maximum Gasteiger partial charge on any atom is 0.344 e. The first kappa shape index (κ1) is 14.8. The summed E-state index contributed by atoms with van der Waals surface area (Å²) < 4.78 is 5.22. The normalized spacial score (nSPS) is 12.2. The van der Waals surface area contributed by atoms with Crippen molar-refractivity contribution in [3.63, 3.8) is 0 Å². The zero-order valence-electron chi connectivity index (χ0n) is 12.0. The molecule has 116 valence electrons. The van der Waals surface area contributed by atoms with Crippen LogP contribution in [0, 0.1) is 10.1 Å². The minimum absolute atomic E-state index is 0.0911. The van der Waals surface area contributed by atoms with Crippen LogP contribution in [0.1, 0.15) is 17.0 Å². The van der Waals surface area contributed by atoms with Gasteiger partial charge < -0.3 is 9.52 Å². The molecule has 0 spiro atoms. The van der Waals surface area contributed by atoms with Crippen molar-refractivity contribution in [1.82, 2.24) is 0 Å². The molecule has 0 radical (unpaired) electrons. The lowest BCUT2D eigenvalue weighted by atomic mass is 9.91. The highest BCUT2D eigenvalue weighted by Gasteiger charge is 2.28. The van der Waals surface area contributed by atoms with Crippen LogP contribution in [0.4, 0.5) is 0 Å². The Morgan fingerprint density at radius 3 is 2.43 bits per heavy atom. The average molecular weight is 311 g/mol. The van der Waals surface area contributed by atoms with Crippen LogP contribution in [0.15, 0.2) is 63.8 Å². The molecule has 0 fully saturated rings. The molecule has 6 heteroatoms. The largest absolute Gasteiger partial charge is 0.507 e. The van der Waals surface area contributed by atoms with Gasteiger partial charge in [-0.1, -0.05) is 42.5 Å². The third-order valence-electron chi connectivity index (χ3n) is 3.70. The van der Waals surface area contributed by atoms with Gasteiger partial charge in [0.15, 0.2) is 0 Å². The van der Waals surface area contributed by atoms with E-state index in [0.717, 1.165) is 0 Å². The molecular weight excluding hydrogens is 298 g/mol. The van der Waals surface area contributed by atoms with Gasteiger partial charge in [-0.05, 0) is 17.7 Å². The monoisotopic (exact) mass is 311 g/mol. The first-order valence-electron chi connectivity index (χ1n) is 6.99. The first-order valence-corrected chi connectivity index (χ1v) is 6.99. The highest BCUT2D eigenvalue weighted by molar-refractivity contribution is 5.84. The minimum Gasteiger partial charge on any atom is -0.507 e. The second kappa shape index (κ2) is 5.92. The quantitative estimate of drug-likeness (QED) is 0.454. The summed E-state index contributed by atoms with van der Waals surface area (Å²) in [5, 5.41) is 21.9. The zero-order chi connectivity index (χ0) is 16.4. The summed E-state index contributed by atoms with van der Waals surface area (Å²) in [5.74, 6) is -1.15.